The quantitative estimate of drug-likeness (QED) is 0.195. The number of nitrogens with two attached hydrogens (primary N) is 1. The molecular weight excluding hydrogens is 418 g/mol. The highest BCUT2D eigenvalue weighted by molar-refractivity contribution is 7.84. The topological polar surface area (TPSA) is 207 Å². The molecule has 0 saturated carbocycles. The van der Waals surface area contributed by atoms with Gasteiger partial charge in [0.2, 0.25) is 0 Å². The van der Waals surface area contributed by atoms with Crippen molar-refractivity contribution in [1.29, 1.82) is 0 Å². The van der Waals surface area contributed by atoms with Crippen LogP contribution < -0.4 is 16.2 Å². The minimum absolute atomic E-state index is 0.0677. The Labute approximate surface area is 163 Å². The number of carbonyl (C=O) groups is 3. The summed E-state index contributed by atoms with van der Waals surface area (Å²) in [6, 6.07) is -2.44. The fourth-order valence-electron chi connectivity index (χ4n) is 2.10. The summed E-state index contributed by atoms with van der Waals surface area (Å²) in [5.74, 6) is -3.75. The van der Waals surface area contributed by atoms with Crippen LogP contribution in [0.2, 0.25) is 0 Å². The number of hydrogen-bond donors (Lipinski definition) is 2. The van der Waals surface area contributed by atoms with E-state index in [2.05, 4.69) is 15.5 Å². The van der Waals surface area contributed by atoms with Gasteiger partial charge in [-0.15, -0.1) is 11.3 Å². The molecule has 28 heavy (non-hydrogen) atoms. The molecule has 0 spiro atoms. The van der Waals surface area contributed by atoms with E-state index in [4.69, 9.17) is 10.6 Å². The summed E-state index contributed by atoms with van der Waals surface area (Å²) in [4.78, 5) is 44.1. The van der Waals surface area contributed by atoms with E-state index in [1.54, 1.807) is 0 Å². The smallest absolute Gasteiger partial charge is 0.276 e. The average molecular weight is 433 g/mol. The Morgan fingerprint density at radius 2 is 2.07 bits per heavy atom. The Balaban J connectivity index is 2.26. The zero-order chi connectivity index (χ0) is 21.4. The third-order valence-corrected chi connectivity index (χ3v) is 5.37. The second kappa shape index (κ2) is 7.33. The van der Waals surface area contributed by atoms with Crippen LogP contribution in [-0.4, -0.2) is 63.4 Å². The van der Waals surface area contributed by atoms with Gasteiger partial charge in [-0.25, -0.2) is 17.7 Å². The SMILES string of the molecule is C[C@H]1[C@H](NC(=O)/C(=N\OC(C)(C)C(=O)[O-])c2csc(N)n2)C(=O)N1S(=O)(=O)[O-]. The first-order chi connectivity index (χ1) is 12.8. The average Bonchev–Trinajstić information content (AvgIpc) is 2.97. The Hall–Kier alpha value is -2.78. The van der Waals surface area contributed by atoms with Crippen molar-refractivity contribution >= 4 is 50.3 Å². The third-order valence-electron chi connectivity index (χ3n) is 3.70. The van der Waals surface area contributed by atoms with E-state index in [-0.39, 0.29) is 15.1 Å². The molecule has 3 N–H and O–H groups in total. The van der Waals surface area contributed by atoms with Crippen LogP contribution in [0.25, 0.3) is 0 Å². The molecule has 2 rings (SSSR count). The maximum Gasteiger partial charge on any atom is 0.276 e. The Morgan fingerprint density at radius 3 is 2.50 bits per heavy atom. The van der Waals surface area contributed by atoms with Gasteiger partial charge in [0.25, 0.3) is 11.8 Å². The monoisotopic (exact) mass is 433 g/mol. The Kier molecular flexibility index (Phi) is 5.63. The van der Waals surface area contributed by atoms with Crippen LogP contribution in [0.5, 0.6) is 0 Å². The zero-order valence-corrected chi connectivity index (χ0v) is 16.4. The first-order valence-electron chi connectivity index (χ1n) is 7.54. The molecule has 1 aromatic heterocycles. The van der Waals surface area contributed by atoms with E-state index in [0.717, 1.165) is 25.2 Å². The van der Waals surface area contributed by atoms with Crippen LogP contribution in [0.1, 0.15) is 26.5 Å². The van der Waals surface area contributed by atoms with Crippen LogP contribution in [0, 0.1) is 0 Å². The van der Waals surface area contributed by atoms with Crippen LogP contribution in [0.3, 0.4) is 0 Å². The predicted molar refractivity (Wildman–Crippen MR) is 91.2 cm³/mol. The lowest BCUT2D eigenvalue weighted by Crippen LogP contribution is -2.71. The van der Waals surface area contributed by atoms with Crippen LogP contribution in [0.15, 0.2) is 10.5 Å². The minimum Gasteiger partial charge on any atom is -0.731 e. The zero-order valence-electron chi connectivity index (χ0n) is 14.7. The van der Waals surface area contributed by atoms with Gasteiger partial charge in [0.05, 0.1) is 12.0 Å². The van der Waals surface area contributed by atoms with E-state index in [1.165, 1.54) is 12.3 Å². The number of rotatable bonds is 7. The number of anilines is 1. The van der Waals surface area contributed by atoms with Gasteiger partial charge in [-0.2, -0.15) is 0 Å². The molecule has 2 heterocycles. The number of aromatic nitrogens is 1. The largest absolute Gasteiger partial charge is 0.731 e. The fraction of sp³-hybridized carbons (Fsp3) is 0.462. The van der Waals surface area contributed by atoms with E-state index < -0.39 is 51.5 Å². The molecule has 2 atom stereocenters. The summed E-state index contributed by atoms with van der Waals surface area (Å²) in [6.45, 7) is 3.51. The van der Waals surface area contributed by atoms with Gasteiger partial charge < -0.3 is 30.3 Å². The summed E-state index contributed by atoms with van der Waals surface area (Å²) in [6.07, 6.45) is 0. The van der Waals surface area contributed by atoms with Gasteiger partial charge in [-0.3, -0.25) is 9.59 Å². The summed E-state index contributed by atoms with van der Waals surface area (Å²) >= 11 is 0.959. The second-order valence-corrected chi connectivity index (χ2v) is 8.32. The van der Waals surface area contributed by atoms with Gasteiger partial charge in [-0.05, 0) is 20.8 Å². The minimum atomic E-state index is -5.01. The maximum atomic E-state index is 12.5. The Morgan fingerprint density at radius 1 is 1.46 bits per heavy atom. The van der Waals surface area contributed by atoms with Crippen molar-refractivity contribution in [2.24, 2.45) is 5.16 Å². The number of nitrogens with one attached hydrogen (secondary N) is 1. The molecule has 1 aromatic rings. The number of carbonyl (C=O) groups excluding carboxylic acids is 3. The fourth-order valence-corrected chi connectivity index (χ4v) is 3.51. The van der Waals surface area contributed by atoms with E-state index in [9.17, 15) is 32.5 Å². The van der Waals surface area contributed by atoms with Crippen molar-refractivity contribution < 1.29 is 37.3 Å². The van der Waals surface area contributed by atoms with E-state index in [0.29, 0.717) is 0 Å². The van der Waals surface area contributed by atoms with Gasteiger partial charge in [0, 0.05) is 5.38 Å². The molecule has 1 aliphatic rings. The highest BCUT2D eigenvalue weighted by Crippen LogP contribution is 2.23. The molecule has 1 fully saturated rings. The molecule has 2 amide bonds. The first-order valence-corrected chi connectivity index (χ1v) is 9.79. The number of nitrogens with zero attached hydrogens (tertiary/aromatic N) is 3. The number of amides is 2. The van der Waals surface area contributed by atoms with Crippen LogP contribution >= 0.6 is 11.3 Å². The number of carboxylic acids is 1. The van der Waals surface area contributed by atoms with Gasteiger partial charge in [0.15, 0.2) is 26.7 Å². The number of hydrogen-bond acceptors (Lipinski definition) is 12. The van der Waals surface area contributed by atoms with Gasteiger partial charge in [-0.1, -0.05) is 5.16 Å². The molecule has 1 aliphatic heterocycles. The molecule has 13 nitrogen and oxygen atoms in total. The lowest BCUT2D eigenvalue weighted by molar-refractivity contribution is -0.325. The molecule has 0 bridgehead atoms. The molecule has 0 unspecified atom stereocenters. The number of aliphatic carboxylic acids is 1. The molecular formula is C13H15N5O8S2-2. The van der Waals surface area contributed by atoms with Crippen molar-refractivity contribution in [2.45, 2.75) is 38.5 Å². The molecule has 0 aliphatic carbocycles. The standard InChI is InChI=1S/C13H17N5O8S2/c1-5-7(10(20)18(5)28(23,24)25)16-9(19)8(6-4-27-12(14)15-6)17-26-13(2,3)11(21)22/h4-5,7H,1-3H3,(H2,14,15)(H,16,19)(H,21,22)(H,23,24,25)/p-2/b17-8-/t5-,7-/m0/s1. The summed E-state index contributed by atoms with van der Waals surface area (Å²) in [7, 11) is -5.01. The van der Waals surface area contributed by atoms with Gasteiger partial charge >= 0.3 is 0 Å². The van der Waals surface area contributed by atoms with Crippen molar-refractivity contribution in [2.75, 3.05) is 5.73 Å². The van der Waals surface area contributed by atoms with Crippen molar-refractivity contribution in [1.82, 2.24) is 14.6 Å². The van der Waals surface area contributed by atoms with Crippen molar-refractivity contribution in [3.05, 3.63) is 11.1 Å². The summed E-state index contributed by atoms with van der Waals surface area (Å²) < 4.78 is 33.1. The maximum absolute atomic E-state index is 12.5. The predicted octanol–water partition coefficient (Wildman–Crippen LogP) is -2.85. The molecule has 15 heteroatoms. The van der Waals surface area contributed by atoms with Crippen molar-refractivity contribution in [3.8, 4) is 0 Å². The summed E-state index contributed by atoms with van der Waals surface area (Å²) in [5.41, 5.74) is 3.04. The highest BCUT2D eigenvalue weighted by Gasteiger charge is 2.49. The number of carboxylic acid groups (broad SMARTS) is 1. The summed E-state index contributed by atoms with van der Waals surface area (Å²) in [5, 5.41) is 18.1. The Bertz CT molecular complexity index is 954. The van der Waals surface area contributed by atoms with Gasteiger partial charge in [0.1, 0.15) is 11.7 Å². The van der Waals surface area contributed by atoms with Crippen LogP contribution in [0.4, 0.5) is 5.13 Å². The molecule has 0 aromatic carbocycles. The number of nitrogen functional groups attached to an aromatic ring is 1. The van der Waals surface area contributed by atoms with Crippen molar-refractivity contribution in [3.63, 3.8) is 0 Å². The number of thiazole rings is 1. The molecule has 154 valence electrons. The van der Waals surface area contributed by atoms with E-state index in [1.807, 2.05) is 0 Å². The molecule has 1 saturated heterocycles. The second-order valence-electron chi connectivity index (χ2n) is 6.18. The normalized spacial score (nSPS) is 20.5. The number of β-lactam (4-membered cyclic amide) rings is 1. The highest BCUT2D eigenvalue weighted by atomic mass is 32.2. The molecule has 0 radical (unpaired) electrons. The third kappa shape index (κ3) is 4.20. The van der Waals surface area contributed by atoms with E-state index >= 15 is 0 Å². The lowest BCUT2D eigenvalue weighted by atomic mass is 10.0. The lowest BCUT2D eigenvalue weighted by Gasteiger charge is -2.45. The van der Waals surface area contributed by atoms with Crippen LogP contribution in [-0.2, 0) is 29.5 Å². The first kappa shape index (κ1) is 21.5. The number of oxime groups is 1.